The van der Waals surface area contributed by atoms with Gasteiger partial charge in [-0.05, 0) is 31.5 Å². The van der Waals surface area contributed by atoms with E-state index in [1.807, 2.05) is 24.3 Å². The molecule has 25 heavy (non-hydrogen) atoms. The first-order valence-electron chi connectivity index (χ1n) is 7.86. The van der Waals surface area contributed by atoms with Crippen molar-refractivity contribution in [3.8, 4) is 5.75 Å². The van der Waals surface area contributed by atoms with Gasteiger partial charge in [0, 0.05) is 0 Å². The number of methoxy groups -OCH3 is 1. The van der Waals surface area contributed by atoms with Gasteiger partial charge in [-0.1, -0.05) is 23.7 Å². The molecule has 0 unspecified atom stereocenters. The smallest absolute Gasteiger partial charge is 0.341 e. The molecule has 0 amide bonds. The van der Waals surface area contributed by atoms with E-state index in [0.29, 0.717) is 33.9 Å². The molecule has 3 aromatic rings. The largest absolute Gasteiger partial charge is 0.497 e. The third-order valence-electron chi connectivity index (χ3n) is 3.87. The molecule has 6 nitrogen and oxygen atoms in total. The molecule has 0 aliphatic heterocycles. The number of aromatic nitrogens is 3. The number of rotatable bonds is 5. The van der Waals surface area contributed by atoms with E-state index in [2.05, 4.69) is 10.1 Å². The highest BCUT2D eigenvalue weighted by Gasteiger charge is 2.21. The number of nitrogens with zero attached hydrogens (tertiary/aromatic N) is 3. The predicted octanol–water partition coefficient (Wildman–Crippen LogP) is 3.63. The predicted molar refractivity (Wildman–Crippen MR) is 95.3 cm³/mol. The SMILES string of the molecule is CCOC(=O)c1c(C)nc2c(cnn2Cc2ccc(OC)cc2)c1Cl. The molecule has 0 radical (unpaired) electrons. The molecule has 0 aliphatic carbocycles. The van der Waals surface area contributed by atoms with Gasteiger partial charge in [-0.3, -0.25) is 0 Å². The molecule has 0 atom stereocenters. The lowest BCUT2D eigenvalue weighted by atomic mass is 10.1. The molecule has 3 rings (SSSR count). The second kappa shape index (κ2) is 7.11. The molecule has 2 aromatic heterocycles. The van der Waals surface area contributed by atoms with Crippen molar-refractivity contribution in [1.82, 2.24) is 14.8 Å². The Bertz CT molecular complexity index is 919. The summed E-state index contributed by atoms with van der Waals surface area (Å²) in [5.74, 6) is 0.326. The van der Waals surface area contributed by atoms with Crippen LogP contribution in [0.5, 0.6) is 5.75 Å². The molecule has 0 saturated heterocycles. The fraction of sp³-hybridized carbons (Fsp3) is 0.278. The zero-order chi connectivity index (χ0) is 18.0. The first kappa shape index (κ1) is 17.2. The zero-order valence-corrected chi connectivity index (χ0v) is 15.0. The van der Waals surface area contributed by atoms with Crippen LogP contribution in [0.4, 0.5) is 0 Å². The van der Waals surface area contributed by atoms with Crippen molar-refractivity contribution in [2.75, 3.05) is 13.7 Å². The Balaban J connectivity index is 1.99. The number of pyridine rings is 1. The molecule has 0 spiro atoms. The minimum absolute atomic E-state index is 0.281. The number of esters is 1. The molecule has 0 N–H and O–H groups in total. The topological polar surface area (TPSA) is 66.2 Å². The molecule has 0 bridgehead atoms. The summed E-state index contributed by atoms with van der Waals surface area (Å²) in [6.07, 6.45) is 1.62. The van der Waals surface area contributed by atoms with Crippen molar-refractivity contribution in [1.29, 1.82) is 0 Å². The van der Waals surface area contributed by atoms with E-state index in [4.69, 9.17) is 21.1 Å². The summed E-state index contributed by atoms with van der Waals surface area (Å²) in [5.41, 5.74) is 2.50. The number of hydrogen-bond donors (Lipinski definition) is 0. The summed E-state index contributed by atoms with van der Waals surface area (Å²) in [6, 6.07) is 7.72. The van der Waals surface area contributed by atoms with Crippen LogP contribution in [-0.2, 0) is 11.3 Å². The summed E-state index contributed by atoms with van der Waals surface area (Å²) in [4.78, 5) is 16.6. The Hall–Kier alpha value is -2.60. The van der Waals surface area contributed by atoms with Crippen LogP contribution in [0.25, 0.3) is 11.0 Å². The van der Waals surface area contributed by atoms with Crippen LogP contribution in [0.3, 0.4) is 0 Å². The van der Waals surface area contributed by atoms with Crippen LogP contribution in [0.1, 0.15) is 28.5 Å². The average Bonchev–Trinajstić information content (AvgIpc) is 2.99. The average molecular weight is 360 g/mol. The van der Waals surface area contributed by atoms with E-state index >= 15 is 0 Å². The highest BCUT2D eigenvalue weighted by molar-refractivity contribution is 6.38. The maximum absolute atomic E-state index is 12.1. The van der Waals surface area contributed by atoms with E-state index in [0.717, 1.165) is 11.3 Å². The van der Waals surface area contributed by atoms with E-state index in [1.165, 1.54) is 0 Å². The van der Waals surface area contributed by atoms with Crippen LogP contribution in [0, 0.1) is 6.92 Å². The summed E-state index contributed by atoms with van der Waals surface area (Å²) in [6.45, 7) is 4.31. The Morgan fingerprint density at radius 2 is 2.00 bits per heavy atom. The standard InChI is InChI=1S/C18H18ClN3O3/c1-4-25-18(23)15-11(2)21-17-14(16(15)19)9-20-22(17)10-12-5-7-13(24-3)8-6-12/h5-9H,4,10H2,1-3H3. The van der Waals surface area contributed by atoms with Crippen molar-refractivity contribution in [2.24, 2.45) is 0 Å². The quantitative estimate of drug-likeness (QED) is 0.651. The first-order valence-corrected chi connectivity index (χ1v) is 8.24. The van der Waals surface area contributed by atoms with Crippen LogP contribution in [-0.4, -0.2) is 34.5 Å². The number of carbonyl (C=O) groups is 1. The molecule has 0 aliphatic rings. The Morgan fingerprint density at radius 3 is 2.64 bits per heavy atom. The van der Waals surface area contributed by atoms with E-state index in [9.17, 15) is 4.79 Å². The number of ether oxygens (including phenoxy) is 2. The van der Waals surface area contributed by atoms with Crippen LogP contribution in [0.2, 0.25) is 5.02 Å². The number of halogens is 1. The van der Waals surface area contributed by atoms with Crippen molar-refractivity contribution in [3.63, 3.8) is 0 Å². The Morgan fingerprint density at radius 1 is 1.28 bits per heavy atom. The molecule has 1 aromatic carbocycles. The lowest BCUT2D eigenvalue weighted by Crippen LogP contribution is -2.10. The van der Waals surface area contributed by atoms with Crippen molar-refractivity contribution < 1.29 is 14.3 Å². The van der Waals surface area contributed by atoms with Gasteiger partial charge in [-0.25, -0.2) is 14.5 Å². The van der Waals surface area contributed by atoms with Crippen LogP contribution >= 0.6 is 11.6 Å². The van der Waals surface area contributed by atoms with Gasteiger partial charge >= 0.3 is 5.97 Å². The molecular formula is C18H18ClN3O3. The van der Waals surface area contributed by atoms with Gasteiger partial charge in [0.2, 0.25) is 0 Å². The van der Waals surface area contributed by atoms with Gasteiger partial charge in [-0.2, -0.15) is 5.10 Å². The molecular weight excluding hydrogens is 342 g/mol. The third-order valence-corrected chi connectivity index (χ3v) is 4.27. The van der Waals surface area contributed by atoms with Crippen molar-refractivity contribution in [3.05, 3.63) is 52.3 Å². The minimum Gasteiger partial charge on any atom is -0.497 e. The maximum atomic E-state index is 12.1. The van der Waals surface area contributed by atoms with Gasteiger partial charge in [0.1, 0.15) is 11.3 Å². The summed E-state index contributed by atoms with van der Waals surface area (Å²) in [7, 11) is 1.63. The number of benzene rings is 1. The summed E-state index contributed by atoms with van der Waals surface area (Å²) in [5, 5.41) is 5.32. The van der Waals surface area contributed by atoms with Crippen molar-refractivity contribution >= 4 is 28.6 Å². The summed E-state index contributed by atoms with van der Waals surface area (Å²) >= 11 is 6.42. The zero-order valence-electron chi connectivity index (χ0n) is 14.2. The van der Waals surface area contributed by atoms with Crippen LogP contribution < -0.4 is 4.74 Å². The number of fused-ring (bicyclic) bond motifs is 1. The lowest BCUT2D eigenvalue weighted by molar-refractivity contribution is 0.0525. The molecule has 2 heterocycles. The molecule has 7 heteroatoms. The monoisotopic (exact) mass is 359 g/mol. The molecule has 0 fully saturated rings. The van der Waals surface area contributed by atoms with E-state index in [1.54, 1.807) is 31.8 Å². The minimum atomic E-state index is -0.470. The van der Waals surface area contributed by atoms with Gasteiger partial charge in [0.25, 0.3) is 0 Å². The van der Waals surface area contributed by atoms with Crippen molar-refractivity contribution in [2.45, 2.75) is 20.4 Å². The second-order valence-corrected chi connectivity index (χ2v) is 5.87. The van der Waals surface area contributed by atoms with Crippen LogP contribution in [0.15, 0.2) is 30.5 Å². The number of aryl methyl sites for hydroxylation is 1. The lowest BCUT2D eigenvalue weighted by Gasteiger charge is -2.09. The molecule has 0 saturated carbocycles. The maximum Gasteiger partial charge on any atom is 0.341 e. The van der Waals surface area contributed by atoms with Gasteiger partial charge in [0.05, 0.1) is 42.6 Å². The van der Waals surface area contributed by atoms with Gasteiger partial charge < -0.3 is 9.47 Å². The molecule has 130 valence electrons. The van der Waals surface area contributed by atoms with E-state index < -0.39 is 5.97 Å². The normalized spacial score (nSPS) is 10.9. The number of hydrogen-bond acceptors (Lipinski definition) is 5. The highest BCUT2D eigenvalue weighted by atomic mass is 35.5. The Labute approximate surface area is 150 Å². The highest BCUT2D eigenvalue weighted by Crippen LogP contribution is 2.29. The first-order chi connectivity index (χ1) is 12.0. The van der Waals surface area contributed by atoms with Gasteiger partial charge in [-0.15, -0.1) is 0 Å². The summed E-state index contributed by atoms with van der Waals surface area (Å²) < 4.78 is 12.0. The van der Waals surface area contributed by atoms with Gasteiger partial charge in [0.15, 0.2) is 5.65 Å². The van der Waals surface area contributed by atoms with E-state index in [-0.39, 0.29) is 6.61 Å². The number of carbonyl (C=O) groups excluding carboxylic acids is 1. The Kier molecular flexibility index (Phi) is 4.90. The fourth-order valence-corrected chi connectivity index (χ4v) is 2.97. The fourth-order valence-electron chi connectivity index (χ4n) is 2.62. The second-order valence-electron chi connectivity index (χ2n) is 5.49. The third kappa shape index (κ3) is 3.30.